The Hall–Kier alpha value is -5.35. The maximum atomic E-state index is 6.43. The lowest BCUT2D eigenvalue weighted by atomic mass is 9.95. The molecule has 4 heteroatoms. The molecule has 2 heterocycles. The number of nitrogens with zero attached hydrogens (tertiary/aromatic N) is 3. The molecule has 0 saturated carbocycles. The second-order valence-electron chi connectivity index (χ2n) is 9.65. The Morgan fingerprint density at radius 1 is 0.385 bits per heavy atom. The highest BCUT2D eigenvalue weighted by atomic mass is 16.3. The van der Waals surface area contributed by atoms with Gasteiger partial charge >= 0.3 is 0 Å². The van der Waals surface area contributed by atoms with Gasteiger partial charge in [-0.25, -0.2) is 15.0 Å². The third-order valence-corrected chi connectivity index (χ3v) is 7.30. The summed E-state index contributed by atoms with van der Waals surface area (Å²) in [6, 6.07) is 43.3. The van der Waals surface area contributed by atoms with Crippen molar-refractivity contribution in [1.29, 1.82) is 0 Å². The van der Waals surface area contributed by atoms with E-state index in [4.69, 9.17) is 19.4 Å². The molecule has 0 unspecified atom stereocenters. The third kappa shape index (κ3) is 3.50. The maximum Gasteiger partial charge on any atom is 0.164 e. The van der Waals surface area contributed by atoms with Gasteiger partial charge in [-0.15, -0.1) is 0 Å². The first kappa shape index (κ1) is 21.7. The average molecular weight is 500 g/mol. The fourth-order valence-electron chi connectivity index (χ4n) is 5.48. The van der Waals surface area contributed by atoms with E-state index in [2.05, 4.69) is 54.6 Å². The summed E-state index contributed by atoms with van der Waals surface area (Å²) in [5, 5.41) is 6.79. The van der Waals surface area contributed by atoms with Crippen LogP contribution in [-0.2, 0) is 0 Å². The second-order valence-corrected chi connectivity index (χ2v) is 9.65. The predicted molar refractivity (Wildman–Crippen MR) is 158 cm³/mol. The van der Waals surface area contributed by atoms with Crippen LogP contribution in [0.2, 0.25) is 0 Å². The van der Waals surface area contributed by atoms with E-state index in [1.54, 1.807) is 0 Å². The fraction of sp³-hybridized carbons (Fsp3) is 0. The normalized spacial score (nSPS) is 11.6. The SMILES string of the molecule is c1ccc(-c2nc(-c3ccccc3)nc(-c3ccc4c5ccccc5c5oc6ccccc6c5c4c3)n2)cc1. The molecule has 6 aromatic carbocycles. The van der Waals surface area contributed by atoms with Gasteiger partial charge in [0.15, 0.2) is 17.5 Å². The molecular weight excluding hydrogens is 478 g/mol. The molecular formula is C35H21N3O. The van der Waals surface area contributed by atoms with Crippen LogP contribution in [0, 0.1) is 0 Å². The van der Waals surface area contributed by atoms with Crippen molar-refractivity contribution < 1.29 is 4.42 Å². The Morgan fingerprint density at radius 2 is 0.897 bits per heavy atom. The van der Waals surface area contributed by atoms with Crippen molar-refractivity contribution in [3.63, 3.8) is 0 Å². The quantitative estimate of drug-likeness (QED) is 0.228. The number of furan rings is 1. The molecule has 0 aliphatic rings. The highest BCUT2D eigenvalue weighted by Crippen LogP contribution is 2.41. The summed E-state index contributed by atoms with van der Waals surface area (Å²) in [4.78, 5) is 14.8. The molecule has 4 nitrogen and oxygen atoms in total. The highest BCUT2D eigenvalue weighted by Gasteiger charge is 2.18. The molecule has 8 rings (SSSR count). The van der Waals surface area contributed by atoms with Crippen molar-refractivity contribution in [2.45, 2.75) is 0 Å². The van der Waals surface area contributed by atoms with E-state index in [0.29, 0.717) is 17.5 Å². The molecule has 0 bridgehead atoms. The van der Waals surface area contributed by atoms with Crippen molar-refractivity contribution in [2.75, 3.05) is 0 Å². The van der Waals surface area contributed by atoms with Crippen LogP contribution in [-0.4, -0.2) is 15.0 Å². The summed E-state index contributed by atoms with van der Waals surface area (Å²) in [7, 11) is 0. The Balaban J connectivity index is 1.44. The number of para-hydroxylation sites is 1. The van der Waals surface area contributed by atoms with E-state index in [-0.39, 0.29) is 0 Å². The molecule has 0 saturated heterocycles. The van der Waals surface area contributed by atoms with Crippen LogP contribution in [0.25, 0.3) is 77.6 Å². The summed E-state index contributed by atoms with van der Waals surface area (Å²) in [5.41, 5.74) is 4.62. The van der Waals surface area contributed by atoms with E-state index in [0.717, 1.165) is 54.8 Å². The minimum Gasteiger partial charge on any atom is -0.455 e. The smallest absolute Gasteiger partial charge is 0.164 e. The lowest BCUT2D eigenvalue weighted by Crippen LogP contribution is -2.00. The van der Waals surface area contributed by atoms with Gasteiger partial charge < -0.3 is 4.42 Å². The molecule has 8 aromatic rings. The standard InChI is InChI=1S/C35H21N3O/c1-3-11-22(12-4-1)33-36-34(23-13-5-2-6-14-23)38-35(37-33)24-19-20-26-25-15-7-8-16-27(25)32-31(29(26)21-24)28-17-9-10-18-30(28)39-32/h1-21H. The second kappa shape index (κ2) is 8.61. The monoisotopic (exact) mass is 499 g/mol. The zero-order valence-electron chi connectivity index (χ0n) is 20.9. The zero-order valence-corrected chi connectivity index (χ0v) is 20.9. The van der Waals surface area contributed by atoms with Gasteiger partial charge in [0.2, 0.25) is 0 Å². The molecule has 0 fully saturated rings. The van der Waals surface area contributed by atoms with E-state index in [1.807, 2.05) is 72.8 Å². The molecule has 0 amide bonds. The summed E-state index contributed by atoms with van der Waals surface area (Å²) in [6.07, 6.45) is 0. The van der Waals surface area contributed by atoms with Gasteiger partial charge in [-0.05, 0) is 28.3 Å². The largest absolute Gasteiger partial charge is 0.455 e. The third-order valence-electron chi connectivity index (χ3n) is 7.30. The van der Waals surface area contributed by atoms with Crippen molar-refractivity contribution in [1.82, 2.24) is 15.0 Å². The Morgan fingerprint density at radius 3 is 1.56 bits per heavy atom. The molecule has 0 aliphatic carbocycles. The van der Waals surface area contributed by atoms with Crippen LogP contribution in [0.3, 0.4) is 0 Å². The van der Waals surface area contributed by atoms with Gasteiger partial charge in [0, 0.05) is 32.8 Å². The van der Waals surface area contributed by atoms with Gasteiger partial charge in [0.25, 0.3) is 0 Å². The molecule has 0 N–H and O–H groups in total. The number of rotatable bonds is 3. The van der Waals surface area contributed by atoms with Crippen molar-refractivity contribution in [2.24, 2.45) is 0 Å². The summed E-state index contributed by atoms with van der Waals surface area (Å²) < 4.78 is 6.43. The van der Waals surface area contributed by atoms with E-state index in [1.165, 1.54) is 5.39 Å². The first-order chi connectivity index (χ1) is 19.3. The Bertz CT molecular complexity index is 2110. The lowest BCUT2D eigenvalue weighted by molar-refractivity contribution is 0.673. The van der Waals surface area contributed by atoms with E-state index >= 15 is 0 Å². The Labute approximate surface area is 224 Å². The van der Waals surface area contributed by atoms with Gasteiger partial charge in [-0.2, -0.15) is 0 Å². The van der Waals surface area contributed by atoms with Crippen LogP contribution in [0.1, 0.15) is 0 Å². The molecule has 0 spiro atoms. The molecule has 182 valence electrons. The van der Waals surface area contributed by atoms with Gasteiger partial charge in [-0.3, -0.25) is 0 Å². The first-order valence-electron chi connectivity index (χ1n) is 13.0. The van der Waals surface area contributed by atoms with Gasteiger partial charge in [-0.1, -0.05) is 115 Å². The average Bonchev–Trinajstić information content (AvgIpc) is 3.42. The fourth-order valence-corrected chi connectivity index (χ4v) is 5.48. The molecule has 0 aliphatic heterocycles. The van der Waals surface area contributed by atoms with Crippen LogP contribution in [0.15, 0.2) is 132 Å². The summed E-state index contributed by atoms with van der Waals surface area (Å²) >= 11 is 0. The minimum absolute atomic E-state index is 0.638. The summed E-state index contributed by atoms with van der Waals surface area (Å²) in [6.45, 7) is 0. The molecule has 2 aromatic heterocycles. The van der Waals surface area contributed by atoms with Gasteiger partial charge in [0.1, 0.15) is 11.2 Å². The number of hydrogen-bond donors (Lipinski definition) is 0. The van der Waals surface area contributed by atoms with E-state index in [9.17, 15) is 0 Å². The van der Waals surface area contributed by atoms with Crippen LogP contribution in [0.5, 0.6) is 0 Å². The molecule has 39 heavy (non-hydrogen) atoms. The number of fused-ring (bicyclic) bond motifs is 8. The van der Waals surface area contributed by atoms with Crippen molar-refractivity contribution in [3.05, 3.63) is 127 Å². The first-order valence-corrected chi connectivity index (χ1v) is 13.0. The molecule has 0 atom stereocenters. The number of hydrogen-bond acceptors (Lipinski definition) is 4. The maximum absolute atomic E-state index is 6.43. The highest BCUT2D eigenvalue weighted by molar-refractivity contribution is 6.30. The lowest BCUT2D eigenvalue weighted by Gasteiger charge is -2.11. The number of aromatic nitrogens is 3. The topological polar surface area (TPSA) is 51.8 Å². The zero-order chi connectivity index (χ0) is 25.8. The predicted octanol–water partition coefficient (Wildman–Crippen LogP) is 9.08. The Kier molecular flexibility index (Phi) is 4.79. The minimum atomic E-state index is 0.638. The van der Waals surface area contributed by atoms with Crippen molar-refractivity contribution in [3.8, 4) is 34.2 Å². The van der Waals surface area contributed by atoms with Crippen LogP contribution >= 0.6 is 0 Å². The number of benzene rings is 6. The van der Waals surface area contributed by atoms with Gasteiger partial charge in [0.05, 0.1) is 0 Å². The van der Waals surface area contributed by atoms with Crippen LogP contribution in [0.4, 0.5) is 0 Å². The summed E-state index contributed by atoms with van der Waals surface area (Å²) in [5.74, 6) is 1.94. The van der Waals surface area contributed by atoms with E-state index < -0.39 is 0 Å². The van der Waals surface area contributed by atoms with Crippen molar-refractivity contribution >= 4 is 43.5 Å². The van der Waals surface area contributed by atoms with Crippen LogP contribution < -0.4 is 0 Å². The molecule has 0 radical (unpaired) electrons.